The summed E-state index contributed by atoms with van der Waals surface area (Å²) in [5.41, 5.74) is 8.87. The van der Waals surface area contributed by atoms with Crippen molar-refractivity contribution in [2.24, 2.45) is 0 Å². The molecule has 2 rings (SSSR count). The summed E-state index contributed by atoms with van der Waals surface area (Å²) in [6, 6.07) is 7.90. The molecule has 1 aromatic heterocycles. The Hall–Kier alpha value is -0.800. The van der Waals surface area contributed by atoms with Crippen LogP contribution in [-0.4, -0.2) is 0 Å². The molecule has 0 aliphatic heterocycles. The summed E-state index contributed by atoms with van der Waals surface area (Å²) < 4.78 is 1.13. The normalized spacial score (nSPS) is 10.2. The largest absolute Gasteiger partial charge is 0.399 e. The Labute approximate surface area is 89.3 Å². The molecule has 0 aliphatic rings. The number of hydrogen-bond acceptors (Lipinski definition) is 2. The predicted molar refractivity (Wildman–Crippen MR) is 61.9 cm³/mol. The molecule has 0 radical (unpaired) electrons. The second kappa shape index (κ2) is 3.52. The Bertz CT molecular complexity index is 422. The van der Waals surface area contributed by atoms with E-state index in [-0.39, 0.29) is 0 Å². The van der Waals surface area contributed by atoms with Gasteiger partial charge in [0, 0.05) is 21.1 Å². The fraction of sp³-hybridized carbons (Fsp3) is 0. The van der Waals surface area contributed by atoms with Crippen molar-refractivity contribution in [3.05, 3.63) is 39.5 Å². The van der Waals surface area contributed by atoms with Gasteiger partial charge in [-0.3, -0.25) is 0 Å². The van der Waals surface area contributed by atoms with Gasteiger partial charge in [-0.15, -0.1) is 0 Å². The van der Waals surface area contributed by atoms with Crippen molar-refractivity contribution >= 4 is 33.0 Å². The average molecular weight is 254 g/mol. The predicted octanol–water partition coefficient (Wildman–Crippen LogP) is 3.76. The number of thiophene rings is 1. The van der Waals surface area contributed by atoms with Crippen molar-refractivity contribution < 1.29 is 0 Å². The van der Waals surface area contributed by atoms with Crippen LogP contribution in [0.1, 0.15) is 0 Å². The van der Waals surface area contributed by atoms with Crippen molar-refractivity contribution in [1.82, 2.24) is 0 Å². The van der Waals surface area contributed by atoms with E-state index in [0.29, 0.717) is 0 Å². The Kier molecular flexibility index (Phi) is 2.38. The van der Waals surface area contributed by atoms with Crippen LogP contribution in [-0.2, 0) is 0 Å². The lowest BCUT2D eigenvalue weighted by molar-refractivity contribution is 1.64. The zero-order chi connectivity index (χ0) is 9.26. The van der Waals surface area contributed by atoms with Crippen LogP contribution < -0.4 is 5.73 Å². The first-order valence-corrected chi connectivity index (χ1v) is 5.58. The Morgan fingerprint density at radius 1 is 1.23 bits per heavy atom. The van der Waals surface area contributed by atoms with Gasteiger partial charge in [0.25, 0.3) is 0 Å². The van der Waals surface area contributed by atoms with E-state index in [1.807, 2.05) is 18.2 Å². The molecule has 0 fully saturated rings. The molecule has 0 saturated carbocycles. The van der Waals surface area contributed by atoms with Crippen molar-refractivity contribution in [1.29, 1.82) is 0 Å². The Morgan fingerprint density at radius 2 is 2.08 bits per heavy atom. The highest BCUT2D eigenvalue weighted by molar-refractivity contribution is 9.10. The van der Waals surface area contributed by atoms with Gasteiger partial charge in [-0.05, 0) is 39.0 Å². The van der Waals surface area contributed by atoms with Gasteiger partial charge in [-0.1, -0.05) is 12.1 Å². The van der Waals surface area contributed by atoms with Gasteiger partial charge in [0.15, 0.2) is 0 Å². The minimum absolute atomic E-state index is 0.801. The fourth-order valence-corrected chi connectivity index (χ4v) is 2.73. The molecule has 0 atom stereocenters. The zero-order valence-corrected chi connectivity index (χ0v) is 9.23. The molecular weight excluding hydrogens is 246 g/mol. The molecule has 1 heterocycles. The second-order valence-electron chi connectivity index (χ2n) is 2.76. The summed E-state index contributed by atoms with van der Waals surface area (Å²) in [5, 5.41) is 4.18. The first kappa shape index (κ1) is 8.78. The quantitative estimate of drug-likeness (QED) is 0.770. The summed E-state index contributed by atoms with van der Waals surface area (Å²) in [5.74, 6) is 0. The zero-order valence-electron chi connectivity index (χ0n) is 6.83. The van der Waals surface area contributed by atoms with Gasteiger partial charge < -0.3 is 5.73 Å². The molecule has 0 amide bonds. The van der Waals surface area contributed by atoms with E-state index in [1.165, 1.54) is 5.56 Å². The summed E-state index contributed by atoms with van der Waals surface area (Å²) in [6.07, 6.45) is 0. The molecule has 0 spiro atoms. The Morgan fingerprint density at radius 3 is 2.69 bits per heavy atom. The van der Waals surface area contributed by atoms with Crippen LogP contribution in [0.15, 0.2) is 39.5 Å². The monoisotopic (exact) mass is 253 g/mol. The number of nitrogens with two attached hydrogens (primary N) is 1. The van der Waals surface area contributed by atoms with Crippen molar-refractivity contribution in [3.8, 4) is 11.1 Å². The number of rotatable bonds is 1. The highest BCUT2D eigenvalue weighted by Gasteiger charge is 2.03. The highest BCUT2D eigenvalue weighted by Crippen LogP contribution is 2.32. The van der Waals surface area contributed by atoms with E-state index in [9.17, 15) is 0 Å². The molecule has 3 heteroatoms. The molecule has 0 saturated heterocycles. The lowest BCUT2D eigenvalue weighted by Gasteiger charge is -2.00. The third kappa shape index (κ3) is 1.76. The lowest BCUT2D eigenvalue weighted by atomic mass is 10.1. The molecular formula is C10H8BrNS. The van der Waals surface area contributed by atoms with Crippen LogP contribution in [0.2, 0.25) is 0 Å². The molecule has 0 aliphatic carbocycles. The lowest BCUT2D eigenvalue weighted by Crippen LogP contribution is -1.84. The third-order valence-corrected chi connectivity index (χ3v) is 3.52. The minimum atomic E-state index is 0.801. The molecule has 66 valence electrons. The van der Waals surface area contributed by atoms with Crippen LogP contribution in [0.3, 0.4) is 0 Å². The van der Waals surface area contributed by atoms with E-state index in [1.54, 1.807) is 11.3 Å². The molecule has 13 heavy (non-hydrogen) atoms. The van der Waals surface area contributed by atoms with E-state index in [4.69, 9.17) is 5.73 Å². The molecule has 2 aromatic rings. The van der Waals surface area contributed by atoms with Crippen LogP contribution in [0.5, 0.6) is 0 Å². The fourth-order valence-electron chi connectivity index (χ4n) is 1.19. The van der Waals surface area contributed by atoms with Gasteiger partial charge in [0.1, 0.15) is 0 Å². The Balaban J connectivity index is 2.53. The van der Waals surface area contributed by atoms with Crippen molar-refractivity contribution in [3.63, 3.8) is 0 Å². The first-order valence-electron chi connectivity index (χ1n) is 3.85. The maximum absolute atomic E-state index is 5.70. The molecule has 0 unspecified atom stereocenters. The average Bonchev–Trinajstić information content (AvgIpc) is 2.51. The molecule has 1 aromatic carbocycles. The van der Waals surface area contributed by atoms with Crippen LogP contribution in [0.25, 0.3) is 11.1 Å². The van der Waals surface area contributed by atoms with Crippen molar-refractivity contribution in [2.45, 2.75) is 0 Å². The second-order valence-corrected chi connectivity index (χ2v) is 4.36. The van der Waals surface area contributed by atoms with Gasteiger partial charge in [0.05, 0.1) is 0 Å². The number of benzene rings is 1. The van der Waals surface area contributed by atoms with Crippen LogP contribution in [0.4, 0.5) is 5.69 Å². The first-order chi connectivity index (χ1) is 6.27. The van der Waals surface area contributed by atoms with Gasteiger partial charge in [-0.2, -0.15) is 11.3 Å². The molecule has 0 bridgehead atoms. The van der Waals surface area contributed by atoms with E-state index < -0.39 is 0 Å². The highest BCUT2D eigenvalue weighted by atomic mass is 79.9. The summed E-state index contributed by atoms with van der Waals surface area (Å²) in [7, 11) is 0. The third-order valence-electron chi connectivity index (χ3n) is 1.81. The molecule has 1 nitrogen and oxygen atoms in total. The van der Waals surface area contributed by atoms with Gasteiger partial charge >= 0.3 is 0 Å². The summed E-state index contributed by atoms with van der Waals surface area (Å²) in [6.45, 7) is 0. The minimum Gasteiger partial charge on any atom is -0.399 e. The summed E-state index contributed by atoms with van der Waals surface area (Å²) >= 11 is 5.18. The van der Waals surface area contributed by atoms with Crippen molar-refractivity contribution in [2.75, 3.05) is 5.73 Å². The van der Waals surface area contributed by atoms with E-state index in [2.05, 4.69) is 32.8 Å². The van der Waals surface area contributed by atoms with Crippen LogP contribution in [0, 0.1) is 0 Å². The number of anilines is 1. The standard InChI is InChI=1S/C10H8BrNS/c11-10-6-13-5-9(10)7-2-1-3-8(12)4-7/h1-6H,12H2. The molecule has 2 N–H and O–H groups in total. The van der Waals surface area contributed by atoms with E-state index in [0.717, 1.165) is 15.7 Å². The number of hydrogen-bond donors (Lipinski definition) is 1. The van der Waals surface area contributed by atoms with Gasteiger partial charge in [0.2, 0.25) is 0 Å². The van der Waals surface area contributed by atoms with Crippen LogP contribution >= 0.6 is 27.3 Å². The van der Waals surface area contributed by atoms with E-state index >= 15 is 0 Å². The maximum Gasteiger partial charge on any atom is 0.0360 e. The number of halogens is 1. The number of nitrogen functional groups attached to an aromatic ring is 1. The smallest absolute Gasteiger partial charge is 0.0360 e. The van der Waals surface area contributed by atoms with Gasteiger partial charge in [-0.25, -0.2) is 0 Å². The summed E-state index contributed by atoms with van der Waals surface area (Å²) in [4.78, 5) is 0. The maximum atomic E-state index is 5.70. The topological polar surface area (TPSA) is 26.0 Å². The SMILES string of the molecule is Nc1cccc(-c2cscc2Br)c1.